The van der Waals surface area contributed by atoms with E-state index in [9.17, 15) is 5.26 Å². The van der Waals surface area contributed by atoms with Crippen molar-refractivity contribution in [3.63, 3.8) is 0 Å². The van der Waals surface area contributed by atoms with Gasteiger partial charge in [-0.3, -0.25) is 0 Å². The van der Waals surface area contributed by atoms with Gasteiger partial charge in [-0.05, 0) is 36.1 Å². The van der Waals surface area contributed by atoms with Crippen LogP contribution in [0.25, 0.3) is 66.3 Å². The molecule has 0 saturated carbocycles. The maximum absolute atomic E-state index is 10.3. The largest absolute Gasteiger partial charge is 2.00 e. The van der Waals surface area contributed by atoms with E-state index in [0.29, 0.717) is 22.5 Å². The minimum atomic E-state index is 0. The van der Waals surface area contributed by atoms with E-state index in [2.05, 4.69) is 68.6 Å². The zero-order valence-corrected chi connectivity index (χ0v) is 27.1. The Morgan fingerprint density at radius 1 is 0.745 bits per heavy atom. The van der Waals surface area contributed by atoms with Crippen LogP contribution in [0.5, 0.6) is 11.6 Å². The van der Waals surface area contributed by atoms with Gasteiger partial charge in [0, 0.05) is 33.5 Å². The molecule has 0 radical (unpaired) electrons. The van der Waals surface area contributed by atoms with Gasteiger partial charge in [0.15, 0.2) is 5.82 Å². The molecule has 4 aromatic heterocycles. The molecule has 0 fully saturated rings. The molecule has 0 atom stereocenters. The van der Waals surface area contributed by atoms with Crippen molar-refractivity contribution >= 4 is 49.3 Å². The van der Waals surface area contributed by atoms with E-state index in [-0.39, 0.29) is 26.8 Å². The molecule has 0 saturated heterocycles. The van der Waals surface area contributed by atoms with Gasteiger partial charge in [0.2, 0.25) is 5.88 Å². The van der Waals surface area contributed by atoms with Gasteiger partial charge in [0.1, 0.15) is 5.65 Å². The summed E-state index contributed by atoms with van der Waals surface area (Å²) in [5.41, 5.74) is 6.63. The number of nitrogens with zero attached hydrogens (tertiary/aromatic N) is 6. The van der Waals surface area contributed by atoms with E-state index in [4.69, 9.17) is 9.72 Å². The van der Waals surface area contributed by atoms with Gasteiger partial charge in [0.25, 0.3) is 0 Å². The Hall–Kier alpha value is -5.83. The first kappa shape index (κ1) is 28.6. The number of nitriles is 1. The summed E-state index contributed by atoms with van der Waals surface area (Å²) in [5.74, 6) is 1.36. The molecular weight excluding hydrogens is 764 g/mol. The number of aryl methyl sites for hydroxylation is 1. The number of hydrogen-bond acceptors (Lipinski definition) is 5. The number of rotatable bonds is 4. The normalized spacial score (nSPS) is 11.3. The minimum Gasteiger partial charge on any atom is -0.458 e. The monoisotopic (exact) mass is 785 g/mol. The predicted octanol–water partition coefficient (Wildman–Crippen LogP) is 8.77. The van der Waals surface area contributed by atoms with Gasteiger partial charge in [0.05, 0.1) is 23.0 Å². The summed E-state index contributed by atoms with van der Waals surface area (Å²) in [6, 6.07) is 47.0. The van der Waals surface area contributed by atoms with Gasteiger partial charge in [-0.1, -0.05) is 83.2 Å². The molecule has 9 aromatic rings. The Kier molecular flexibility index (Phi) is 6.82. The second-order valence-corrected chi connectivity index (χ2v) is 11.2. The summed E-state index contributed by atoms with van der Waals surface area (Å²) in [4.78, 5) is 4.96. The quantitative estimate of drug-likeness (QED) is 0.132. The van der Waals surface area contributed by atoms with Crippen LogP contribution in [0, 0.1) is 30.4 Å². The van der Waals surface area contributed by atoms with Crippen LogP contribution in [-0.2, 0) is 21.1 Å². The number of benzene rings is 5. The summed E-state index contributed by atoms with van der Waals surface area (Å²) >= 11 is 0. The molecule has 9 rings (SSSR count). The van der Waals surface area contributed by atoms with E-state index in [0.717, 1.165) is 60.9 Å². The van der Waals surface area contributed by atoms with Gasteiger partial charge >= 0.3 is 21.1 Å². The van der Waals surface area contributed by atoms with Crippen molar-refractivity contribution in [3.05, 3.63) is 139 Å². The van der Waals surface area contributed by atoms with Crippen molar-refractivity contribution in [2.75, 3.05) is 0 Å². The molecule has 0 N–H and O–H groups in total. The molecule has 0 aliphatic heterocycles. The molecule has 0 bridgehead atoms. The second-order valence-electron chi connectivity index (χ2n) is 11.2. The smallest absolute Gasteiger partial charge is 0.458 e. The summed E-state index contributed by atoms with van der Waals surface area (Å²) in [7, 11) is 0. The summed E-state index contributed by atoms with van der Waals surface area (Å²) in [5, 5.41) is 24.1. The number of fused-ring (bicyclic) bond motifs is 9. The number of ether oxygens (including phenoxy) is 1. The Morgan fingerprint density at radius 2 is 1.49 bits per heavy atom. The van der Waals surface area contributed by atoms with E-state index in [1.807, 2.05) is 91.0 Å². The SMILES string of the molecule is Cc1ccccc1-c1nnc2c3[c-]c(Oc4ccc5c6ccccc6n(-c6[c-]cccc6)c5n4)c(C#N)cc3c3ccccc3n12.[Pt+2]. The first-order valence-electron chi connectivity index (χ1n) is 14.9. The van der Waals surface area contributed by atoms with Crippen LogP contribution < -0.4 is 4.74 Å². The molecule has 7 nitrogen and oxygen atoms in total. The fraction of sp³-hybridized carbons (Fsp3) is 0.0256. The van der Waals surface area contributed by atoms with Crippen LogP contribution in [0.4, 0.5) is 0 Å². The summed E-state index contributed by atoms with van der Waals surface area (Å²) in [6.07, 6.45) is 0. The van der Waals surface area contributed by atoms with Crippen LogP contribution in [-0.4, -0.2) is 24.1 Å². The van der Waals surface area contributed by atoms with Crippen LogP contribution in [0.15, 0.2) is 115 Å². The Balaban J connectivity index is 0.00000324. The number of aromatic nitrogens is 5. The number of para-hydroxylation sites is 3. The van der Waals surface area contributed by atoms with Gasteiger partial charge in [-0.2, -0.15) is 34.3 Å². The third-order valence-corrected chi connectivity index (χ3v) is 8.51. The topological polar surface area (TPSA) is 81.0 Å². The fourth-order valence-electron chi connectivity index (χ4n) is 6.40. The molecule has 224 valence electrons. The Labute approximate surface area is 283 Å². The first-order valence-corrected chi connectivity index (χ1v) is 14.9. The van der Waals surface area contributed by atoms with E-state index in [1.54, 1.807) is 0 Å². The van der Waals surface area contributed by atoms with Crippen molar-refractivity contribution < 1.29 is 25.8 Å². The predicted molar refractivity (Wildman–Crippen MR) is 179 cm³/mol. The molecule has 0 aliphatic rings. The molecule has 5 aromatic carbocycles. The maximum Gasteiger partial charge on any atom is 2.00 e. The third-order valence-electron chi connectivity index (χ3n) is 8.51. The van der Waals surface area contributed by atoms with Crippen molar-refractivity contribution in [1.29, 1.82) is 5.26 Å². The van der Waals surface area contributed by atoms with Gasteiger partial charge in [-0.25, -0.2) is 5.26 Å². The molecular formula is C39H22N6OPt. The molecule has 0 amide bonds. The average molecular weight is 786 g/mol. The van der Waals surface area contributed by atoms with Crippen LogP contribution in [0.1, 0.15) is 11.1 Å². The molecule has 8 heteroatoms. The van der Waals surface area contributed by atoms with E-state index >= 15 is 0 Å². The standard InChI is InChI=1S/C39H22N6O.Pt/c1-24-11-5-6-14-27(24)38-42-43-39-32-22-35(25(23-40)21-31(32)29-16-8-10-18-34(29)45(38)39)46-36-20-19-30-28-15-7-9-17-33(28)44(37(30)41-36)26-12-3-2-4-13-26;/h2-12,14-21H,1H3;/q-2;+2. The minimum absolute atomic E-state index is 0. The third kappa shape index (κ3) is 4.41. The van der Waals surface area contributed by atoms with E-state index in [1.165, 1.54) is 0 Å². The van der Waals surface area contributed by atoms with Crippen molar-refractivity contribution in [2.24, 2.45) is 0 Å². The fourth-order valence-corrected chi connectivity index (χ4v) is 6.40. The zero-order chi connectivity index (χ0) is 30.8. The maximum atomic E-state index is 10.3. The Bertz CT molecular complexity index is 2710. The molecule has 4 heterocycles. The van der Waals surface area contributed by atoms with E-state index < -0.39 is 0 Å². The zero-order valence-electron chi connectivity index (χ0n) is 24.9. The number of hydrogen-bond donors (Lipinski definition) is 0. The van der Waals surface area contributed by atoms with Gasteiger partial charge < -0.3 is 13.7 Å². The number of pyridine rings is 2. The van der Waals surface area contributed by atoms with Gasteiger partial charge in [-0.15, -0.1) is 17.2 Å². The van der Waals surface area contributed by atoms with Crippen molar-refractivity contribution in [2.45, 2.75) is 6.92 Å². The summed E-state index contributed by atoms with van der Waals surface area (Å²) in [6.45, 7) is 2.07. The van der Waals surface area contributed by atoms with Crippen LogP contribution in [0.3, 0.4) is 0 Å². The Morgan fingerprint density at radius 3 is 2.28 bits per heavy atom. The van der Waals surface area contributed by atoms with Crippen LogP contribution in [0.2, 0.25) is 0 Å². The first-order chi connectivity index (χ1) is 22.7. The molecule has 0 spiro atoms. The molecule has 47 heavy (non-hydrogen) atoms. The second kappa shape index (κ2) is 11.2. The average Bonchev–Trinajstić information content (AvgIpc) is 3.69. The molecule has 0 unspecified atom stereocenters. The summed E-state index contributed by atoms with van der Waals surface area (Å²) < 4.78 is 10.5. The van der Waals surface area contributed by atoms with Crippen LogP contribution >= 0.6 is 0 Å². The molecule has 0 aliphatic carbocycles. The van der Waals surface area contributed by atoms with Crippen molar-refractivity contribution in [3.8, 4) is 34.8 Å². The van der Waals surface area contributed by atoms with Crippen molar-refractivity contribution in [1.82, 2.24) is 24.1 Å².